The van der Waals surface area contributed by atoms with Crippen LogP contribution in [0.25, 0.3) is 0 Å². The first-order valence-corrected chi connectivity index (χ1v) is 25.5. The van der Waals surface area contributed by atoms with Gasteiger partial charge in [-0.05, 0) is 88.9 Å². The predicted molar refractivity (Wildman–Crippen MR) is 255 cm³/mol. The maximum atomic E-state index is 11.2. The van der Waals surface area contributed by atoms with E-state index in [1.54, 1.807) is 32.7 Å². The number of halogens is 3. The fourth-order valence-corrected chi connectivity index (χ4v) is 10.8. The van der Waals surface area contributed by atoms with Crippen LogP contribution in [0.5, 0.6) is 0 Å². The van der Waals surface area contributed by atoms with Gasteiger partial charge in [-0.25, -0.2) is 15.0 Å². The van der Waals surface area contributed by atoms with Gasteiger partial charge in [0.25, 0.3) is 0 Å². The molecule has 0 aromatic carbocycles. The fraction of sp³-hybridized carbons (Fsp3) is 0.686. The van der Waals surface area contributed by atoms with Crippen molar-refractivity contribution >= 4 is 34.8 Å². The molecular weight excluding hydrogens is 893 g/mol. The van der Waals surface area contributed by atoms with Crippen molar-refractivity contribution in [1.82, 2.24) is 28.7 Å². The molecule has 3 heterocycles. The Morgan fingerprint density at radius 3 is 1.55 bits per heavy atom. The molecule has 6 aliphatic rings. The number of nitrogens with zero attached hydrogens (tertiary/aromatic N) is 9. The molecule has 3 unspecified atom stereocenters. The van der Waals surface area contributed by atoms with Crippen molar-refractivity contribution in [1.29, 1.82) is 15.8 Å². The van der Waals surface area contributed by atoms with Gasteiger partial charge in [-0.3, -0.25) is 0 Å². The van der Waals surface area contributed by atoms with Crippen molar-refractivity contribution in [2.45, 2.75) is 199 Å². The van der Waals surface area contributed by atoms with Crippen molar-refractivity contribution in [3.05, 3.63) is 66.8 Å². The highest BCUT2D eigenvalue weighted by atomic mass is 35.5. The maximum absolute atomic E-state index is 11.2. The van der Waals surface area contributed by atoms with E-state index in [4.69, 9.17) is 50.6 Å². The van der Waals surface area contributed by atoms with Crippen molar-refractivity contribution in [3.63, 3.8) is 0 Å². The Labute approximate surface area is 406 Å². The summed E-state index contributed by atoms with van der Waals surface area (Å²) in [5.41, 5.74) is -2.03. The Bertz CT molecular complexity index is 2300. The van der Waals surface area contributed by atoms with Crippen molar-refractivity contribution < 1.29 is 15.3 Å². The van der Waals surface area contributed by atoms with Crippen LogP contribution in [0.2, 0.25) is 0 Å². The van der Waals surface area contributed by atoms with Crippen LogP contribution in [-0.4, -0.2) is 75.4 Å². The van der Waals surface area contributed by atoms with Gasteiger partial charge in [0, 0.05) is 5.92 Å². The number of hydrogen-bond acceptors (Lipinski definition) is 9. The number of nitriles is 3. The molecule has 0 bridgehead atoms. The van der Waals surface area contributed by atoms with Crippen LogP contribution in [0.1, 0.15) is 165 Å². The second-order valence-electron chi connectivity index (χ2n) is 20.2. The molecule has 0 aliphatic heterocycles. The van der Waals surface area contributed by atoms with Gasteiger partial charge in [0.1, 0.15) is 46.5 Å². The average molecular weight is 960 g/mol. The summed E-state index contributed by atoms with van der Waals surface area (Å²) in [6.07, 6.45) is 38.6. The Kier molecular flexibility index (Phi) is 16.4. The number of hydrogen-bond donors (Lipinski definition) is 3. The molecule has 6 aliphatic carbocycles. The lowest BCUT2D eigenvalue weighted by molar-refractivity contribution is -0.00456. The molecule has 0 radical (unpaired) electrons. The van der Waals surface area contributed by atoms with Crippen molar-refractivity contribution in [3.8, 4) is 30.0 Å². The zero-order valence-electron chi connectivity index (χ0n) is 38.2. The zero-order chi connectivity index (χ0) is 46.9. The minimum Gasteiger partial charge on any atom is -0.386 e. The molecule has 0 spiro atoms. The third-order valence-electron chi connectivity index (χ3n) is 15.2. The van der Waals surface area contributed by atoms with E-state index in [2.05, 4.69) is 51.1 Å². The summed E-state index contributed by atoms with van der Waals surface area (Å²) >= 11 is 19.7. The summed E-state index contributed by atoms with van der Waals surface area (Å²) in [5.74, 6) is 7.95. The number of rotatable bonds is 14. The van der Waals surface area contributed by atoms with E-state index < -0.39 is 31.4 Å². The molecule has 0 saturated heterocycles. The molecule has 6 saturated carbocycles. The van der Waals surface area contributed by atoms with E-state index in [-0.39, 0.29) is 13.1 Å². The lowest BCUT2D eigenvalue weighted by Gasteiger charge is -2.35. The summed E-state index contributed by atoms with van der Waals surface area (Å²) in [7, 11) is 0. The first-order chi connectivity index (χ1) is 31.7. The van der Waals surface area contributed by atoms with E-state index in [9.17, 15) is 15.3 Å². The molecule has 3 atom stereocenters. The first kappa shape index (κ1) is 50.0. The highest BCUT2D eigenvalue weighted by molar-refractivity contribution is 6.27. The van der Waals surface area contributed by atoms with E-state index in [1.807, 2.05) is 6.08 Å². The largest absolute Gasteiger partial charge is 0.386 e. The van der Waals surface area contributed by atoms with Crippen LogP contribution in [0, 0.1) is 63.6 Å². The lowest BCUT2D eigenvalue weighted by Crippen LogP contribution is -2.45. The molecule has 3 aromatic heterocycles. The summed E-state index contributed by atoms with van der Waals surface area (Å²) in [6.45, 7) is 0.841. The monoisotopic (exact) mass is 957 g/mol. The average Bonchev–Trinajstić information content (AvgIpc) is 4.28. The Morgan fingerprint density at radius 2 is 1.06 bits per heavy atom. The Morgan fingerprint density at radius 1 is 0.606 bits per heavy atom. The van der Waals surface area contributed by atoms with Crippen LogP contribution >= 0.6 is 34.8 Å². The lowest BCUT2D eigenvalue weighted by atomic mass is 9.81. The molecule has 3 N–H and O–H groups in total. The number of aromatic nitrogens is 6. The normalized spacial score (nSPS) is 23.6. The molecule has 6 fully saturated rings. The summed E-state index contributed by atoms with van der Waals surface area (Å²) < 4.78 is 5.06. The third-order valence-corrected chi connectivity index (χ3v) is 17.3. The molecule has 3 aromatic rings. The van der Waals surface area contributed by atoms with Crippen LogP contribution in [0.4, 0.5) is 0 Å². The highest BCUT2D eigenvalue weighted by Crippen LogP contribution is 2.55. The minimum absolute atomic E-state index is 0.194. The van der Waals surface area contributed by atoms with E-state index in [0.717, 1.165) is 63.7 Å². The van der Waals surface area contributed by atoms with Gasteiger partial charge in [-0.15, -0.1) is 34.8 Å². The van der Waals surface area contributed by atoms with Gasteiger partial charge < -0.3 is 29.0 Å². The number of aliphatic hydroxyl groups is 3. The molecule has 0 amide bonds. The summed E-state index contributed by atoms with van der Waals surface area (Å²) in [4.78, 5) is 10.2. The maximum Gasteiger partial charge on any atom is 0.162 e. The van der Waals surface area contributed by atoms with Gasteiger partial charge in [0.05, 0.1) is 71.8 Å². The van der Waals surface area contributed by atoms with E-state index in [1.165, 1.54) is 102 Å². The molecule has 9 rings (SSSR count). The van der Waals surface area contributed by atoms with Crippen molar-refractivity contribution in [2.75, 3.05) is 0 Å². The van der Waals surface area contributed by atoms with Crippen LogP contribution in [-0.2, 0) is 19.6 Å². The predicted octanol–water partition coefficient (Wildman–Crippen LogP) is 9.85. The van der Waals surface area contributed by atoms with Gasteiger partial charge in [0.2, 0.25) is 0 Å². The molecule has 12 nitrogen and oxygen atoms in total. The van der Waals surface area contributed by atoms with Gasteiger partial charge in [0.15, 0.2) is 5.60 Å². The van der Waals surface area contributed by atoms with Gasteiger partial charge >= 0.3 is 0 Å². The highest BCUT2D eigenvalue weighted by Gasteiger charge is 2.59. The van der Waals surface area contributed by atoms with Gasteiger partial charge in [-0.2, -0.15) is 15.8 Å². The van der Waals surface area contributed by atoms with Crippen LogP contribution < -0.4 is 0 Å². The molecule has 354 valence electrons. The number of imidazole rings is 3. The van der Waals surface area contributed by atoms with Gasteiger partial charge in [-0.1, -0.05) is 94.6 Å². The minimum atomic E-state index is -1.31. The van der Waals surface area contributed by atoms with E-state index in [0.29, 0.717) is 41.9 Å². The first-order valence-electron chi connectivity index (χ1n) is 24.4. The number of allylic oxidation sites excluding steroid dienone is 1. The van der Waals surface area contributed by atoms with Crippen LogP contribution in [0.3, 0.4) is 0 Å². The summed E-state index contributed by atoms with van der Waals surface area (Å²) in [6, 6.07) is 6.29. The standard InChI is InChI=1S/C17H24ClN3O.C17H22ClN3O.C17H20ClN3O/c3*18-16(8-9-16)17(22,7-6-14-4-2-1-3-5-14)12-21-13-20-11-15(21)10-19/h11,13-14,22H,1-9,12H2;6-7,11,13-14,22H,1-5,8-9,12H2;11,13-14,22H,1-5,8-9,12H2. The third kappa shape index (κ3) is 12.2. The smallest absolute Gasteiger partial charge is 0.162 e. The molecular formula is C51H66Cl3N9O3. The van der Waals surface area contributed by atoms with Crippen molar-refractivity contribution in [2.24, 2.45) is 17.8 Å². The Balaban J connectivity index is 0.000000147. The fourth-order valence-electron chi connectivity index (χ4n) is 10.1. The molecule has 66 heavy (non-hydrogen) atoms. The summed E-state index contributed by atoms with van der Waals surface area (Å²) in [5, 5.41) is 60.8. The second kappa shape index (κ2) is 21.6. The number of alkyl halides is 3. The zero-order valence-corrected chi connectivity index (χ0v) is 40.5. The SMILES string of the molecule is N#Cc1cncn1CC(O)(C#CC1CCCCC1)C1(Cl)CC1.N#Cc1cncn1CC(O)(C=CC1CCCCC1)C1(Cl)CC1.N#Cc1cncn1CC(O)(CCC1CCCCC1)C1(Cl)CC1. The quantitative estimate of drug-likeness (QED) is 0.0804. The molecule has 15 heteroatoms. The second-order valence-corrected chi connectivity index (χ2v) is 22.3. The topological polar surface area (TPSA) is 186 Å². The van der Waals surface area contributed by atoms with Crippen LogP contribution in [0.15, 0.2) is 49.7 Å². The van der Waals surface area contributed by atoms with E-state index >= 15 is 0 Å². The Hall–Kier alpha value is -3.85.